The molecule has 0 heteroatoms. The van der Waals surface area contributed by atoms with E-state index in [0.717, 1.165) is 6.42 Å². The van der Waals surface area contributed by atoms with Crippen LogP contribution in [0.3, 0.4) is 0 Å². The van der Waals surface area contributed by atoms with Gasteiger partial charge in [0.25, 0.3) is 0 Å². The van der Waals surface area contributed by atoms with Gasteiger partial charge in [0.15, 0.2) is 0 Å². The molecule has 0 heterocycles. The number of rotatable bonds is 6. The first-order chi connectivity index (χ1) is 11.4. The van der Waals surface area contributed by atoms with E-state index in [1.54, 1.807) is 0 Å². The summed E-state index contributed by atoms with van der Waals surface area (Å²) in [6, 6.07) is 18.2. The Hall–Kier alpha value is -1.82. The number of benzene rings is 2. The summed E-state index contributed by atoms with van der Waals surface area (Å²) in [5.41, 5.74) is 6.79. The fraction of sp³-hybridized carbons (Fsp3) is 0.417. The Morgan fingerprint density at radius 3 is 1.33 bits per heavy atom. The van der Waals surface area contributed by atoms with Crippen molar-refractivity contribution in [3.63, 3.8) is 0 Å². The van der Waals surface area contributed by atoms with Crippen molar-refractivity contribution in [2.75, 3.05) is 0 Å². The molecule has 0 saturated heterocycles. The lowest BCUT2D eigenvalue weighted by Gasteiger charge is -2.13. The highest BCUT2D eigenvalue weighted by atomic mass is 14.1. The van der Waals surface area contributed by atoms with E-state index < -0.39 is 0 Å². The van der Waals surface area contributed by atoms with Gasteiger partial charge in [0, 0.05) is 0 Å². The Kier molecular flexibility index (Phi) is 6.43. The molecule has 2 rings (SSSR count). The lowest BCUT2D eigenvalue weighted by molar-refractivity contribution is 0.664. The maximum Gasteiger partial charge on any atom is -0.0151 e. The van der Waals surface area contributed by atoms with Crippen LogP contribution >= 0.6 is 0 Å². The Balaban J connectivity index is 2.39. The molecule has 0 atom stereocenters. The molecule has 0 spiro atoms. The van der Waals surface area contributed by atoms with Gasteiger partial charge >= 0.3 is 0 Å². The van der Waals surface area contributed by atoms with Crippen molar-refractivity contribution in [2.24, 2.45) is 5.92 Å². The SMILES string of the molecule is CC(C)CC=C(c1ccc(C(C)C)cc1)c1ccc(C(C)C)cc1. The van der Waals surface area contributed by atoms with E-state index in [2.05, 4.69) is 96.1 Å². The molecule has 128 valence electrons. The zero-order chi connectivity index (χ0) is 17.7. The van der Waals surface area contributed by atoms with E-state index in [9.17, 15) is 0 Å². The Labute approximate surface area is 148 Å². The average Bonchev–Trinajstić information content (AvgIpc) is 2.55. The van der Waals surface area contributed by atoms with Crippen LogP contribution in [0.5, 0.6) is 0 Å². The van der Waals surface area contributed by atoms with Gasteiger partial charge in [-0.15, -0.1) is 0 Å². The number of hydrogen-bond acceptors (Lipinski definition) is 0. The van der Waals surface area contributed by atoms with Gasteiger partial charge in [-0.2, -0.15) is 0 Å². The molecule has 0 aromatic heterocycles. The van der Waals surface area contributed by atoms with E-state index in [4.69, 9.17) is 0 Å². The molecule has 0 nitrogen and oxygen atoms in total. The molecule has 2 aromatic carbocycles. The topological polar surface area (TPSA) is 0 Å². The Morgan fingerprint density at radius 1 is 0.667 bits per heavy atom. The number of hydrogen-bond donors (Lipinski definition) is 0. The molecule has 0 unspecified atom stereocenters. The maximum absolute atomic E-state index is 2.40. The van der Waals surface area contributed by atoms with Crippen molar-refractivity contribution in [3.8, 4) is 0 Å². The van der Waals surface area contributed by atoms with Gasteiger partial charge in [-0.1, -0.05) is 96.1 Å². The van der Waals surface area contributed by atoms with Crippen LogP contribution in [-0.4, -0.2) is 0 Å². The third-order valence-corrected chi connectivity index (χ3v) is 4.57. The van der Waals surface area contributed by atoms with Gasteiger partial charge in [0.1, 0.15) is 0 Å². The largest absolute Gasteiger partial charge is 0.0758 e. The second-order valence-electron chi connectivity index (χ2n) is 7.80. The molecular weight excluding hydrogens is 288 g/mol. The maximum atomic E-state index is 2.40. The van der Waals surface area contributed by atoms with E-state index in [0.29, 0.717) is 17.8 Å². The zero-order valence-corrected chi connectivity index (χ0v) is 16.1. The fourth-order valence-electron chi connectivity index (χ4n) is 2.85. The first-order valence-electron chi connectivity index (χ1n) is 9.29. The van der Waals surface area contributed by atoms with E-state index in [1.165, 1.54) is 27.8 Å². The summed E-state index contributed by atoms with van der Waals surface area (Å²) < 4.78 is 0. The lowest BCUT2D eigenvalue weighted by atomic mass is 9.91. The Bertz CT molecular complexity index is 599. The molecule has 0 amide bonds. The van der Waals surface area contributed by atoms with Crippen LogP contribution in [0.15, 0.2) is 54.6 Å². The number of allylic oxidation sites excluding steroid dienone is 1. The highest BCUT2D eigenvalue weighted by Gasteiger charge is 2.08. The van der Waals surface area contributed by atoms with Crippen molar-refractivity contribution in [1.82, 2.24) is 0 Å². The van der Waals surface area contributed by atoms with Crippen molar-refractivity contribution < 1.29 is 0 Å². The molecule has 0 aliphatic rings. The highest BCUT2D eigenvalue weighted by molar-refractivity contribution is 5.80. The zero-order valence-electron chi connectivity index (χ0n) is 16.1. The molecule has 0 N–H and O–H groups in total. The molecule has 0 aliphatic carbocycles. The normalized spacial score (nSPS) is 11.4. The van der Waals surface area contributed by atoms with Gasteiger partial charge < -0.3 is 0 Å². The summed E-state index contributed by atoms with van der Waals surface area (Å²) >= 11 is 0. The second kappa shape index (κ2) is 8.33. The predicted molar refractivity (Wildman–Crippen MR) is 108 cm³/mol. The smallest absolute Gasteiger partial charge is 0.0151 e. The summed E-state index contributed by atoms with van der Waals surface area (Å²) in [4.78, 5) is 0. The van der Waals surface area contributed by atoms with Crippen molar-refractivity contribution >= 4 is 5.57 Å². The minimum Gasteiger partial charge on any atom is -0.0758 e. The standard InChI is InChI=1S/C24H32/c1-17(2)7-16-24(22-12-8-20(9-13-22)18(3)4)23-14-10-21(11-15-23)19(5)6/h8-19H,7H2,1-6H3. The third kappa shape index (κ3) is 4.84. The molecule has 0 bridgehead atoms. The van der Waals surface area contributed by atoms with Gasteiger partial charge in [-0.3, -0.25) is 0 Å². The van der Waals surface area contributed by atoms with Gasteiger partial charge in [-0.05, 0) is 52.0 Å². The van der Waals surface area contributed by atoms with Gasteiger partial charge in [0.05, 0.1) is 0 Å². The fourth-order valence-corrected chi connectivity index (χ4v) is 2.85. The van der Waals surface area contributed by atoms with Crippen LogP contribution in [0.4, 0.5) is 0 Å². The first kappa shape index (κ1) is 18.5. The molecule has 24 heavy (non-hydrogen) atoms. The monoisotopic (exact) mass is 320 g/mol. The molecule has 0 aliphatic heterocycles. The van der Waals surface area contributed by atoms with E-state index in [1.807, 2.05) is 0 Å². The van der Waals surface area contributed by atoms with Crippen LogP contribution in [0.1, 0.15) is 82.1 Å². The van der Waals surface area contributed by atoms with Gasteiger partial charge in [-0.25, -0.2) is 0 Å². The van der Waals surface area contributed by atoms with Crippen LogP contribution in [0, 0.1) is 5.92 Å². The summed E-state index contributed by atoms with van der Waals surface area (Å²) in [7, 11) is 0. The Morgan fingerprint density at radius 2 is 1.04 bits per heavy atom. The summed E-state index contributed by atoms with van der Waals surface area (Å²) in [6.07, 6.45) is 3.51. The van der Waals surface area contributed by atoms with Crippen LogP contribution in [0.2, 0.25) is 0 Å². The van der Waals surface area contributed by atoms with E-state index >= 15 is 0 Å². The summed E-state index contributed by atoms with van der Waals surface area (Å²) in [5, 5.41) is 0. The third-order valence-electron chi connectivity index (χ3n) is 4.57. The van der Waals surface area contributed by atoms with Crippen LogP contribution in [-0.2, 0) is 0 Å². The summed E-state index contributed by atoms with van der Waals surface area (Å²) in [6.45, 7) is 13.5. The first-order valence-corrected chi connectivity index (χ1v) is 9.29. The predicted octanol–water partition coefficient (Wildman–Crippen LogP) is 7.41. The summed E-state index contributed by atoms with van der Waals surface area (Å²) in [5.74, 6) is 1.82. The van der Waals surface area contributed by atoms with Gasteiger partial charge in [0.2, 0.25) is 0 Å². The van der Waals surface area contributed by atoms with Crippen molar-refractivity contribution in [1.29, 1.82) is 0 Å². The van der Waals surface area contributed by atoms with Crippen LogP contribution < -0.4 is 0 Å². The minimum atomic E-state index is 0.576. The van der Waals surface area contributed by atoms with Crippen LogP contribution in [0.25, 0.3) is 5.57 Å². The second-order valence-corrected chi connectivity index (χ2v) is 7.80. The molecular formula is C24H32. The quantitative estimate of drug-likeness (QED) is 0.519. The molecule has 0 fully saturated rings. The molecule has 2 aromatic rings. The highest BCUT2D eigenvalue weighted by Crippen LogP contribution is 2.28. The van der Waals surface area contributed by atoms with E-state index in [-0.39, 0.29) is 0 Å². The minimum absolute atomic E-state index is 0.576. The average molecular weight is 321 g/mol. The molecule has 0 saturated carbocycles. The molecule has 0 radical (unpaired) electrons. The van der Waals surface area contributed by atoms with Crippen molar-refractivity contribution in [3.05, 3.63) is 76.9 Å². The lowest BCUT2D eigenvalue weighted by Crippen LogP contribution is -1.94. The van der Waals surface area contributed by atoms with Crippen molar-refractivity contribution in [2.45, 2.75) is 59.8 Å².